The van der Waals surface area contributed by atoms with Crippen molar-refractivity contribution in [2.24, 2.45) is 0 Å². The Labute approximate surface area is 125 Å². The monoisotopic (exact) mass is 295 g/mol. The van der Waals surface area contributed by atoms with Gasteiger partial charge in [-0.25, -0.2) is 4.79 Å². The highest BCUT2D eigenvalue weighted by atomic mass is 32.1. The number of hydrogen-bond acceptors (Lipinski definition) is 3. The molecule has 2 N–H and O–H groups in total. The van der Waals surface area contributed by atoms with Gasteiger partial charge in [-0.2, -0.15) is 0 Å². The molecule has 2 amide bonds. The fraction of sp³-hybridized carbons (Fsp3) is 0.667. The minimum absolute atomic E-state index is 0.0361. The highest BCUT2D eigenvalue weighted by Gasteiger charge is 2.16. The molecule has 0 aliphatic heterocycles. The van der Waals surface area contributed by atoms with E-state index < -0.39 is 0 Å². The number of thiophene rings is 1. The summed E-state index contributed by atoms with van der Waals surface area (Å²) in [6.45, 7) is 3.65. The quantitative estimate of drug-likeness (QED) is 0.820. The molecule has 1 aromatic heterocycles. The maximum absolute atomic E-state index is 11.4. The highest BCUT2D eigenvalue weighted by molar-refractivity contribution is 7.12. The predicted octanol–water partition coefficient (Wildman–Crippen LogP) is 2.55. The fourth-order valence-corrected chi connectivity index (χ4v) is 3.73. The maximum Gasteiger partial charge on any atom is 0.316 e. The molecule has 1 aromatic rings. The summed E-state index contributed by atoms with van der Waals surface area (Å²) >= 11 is 1.95. The molecule has 0 radical (unpaired) electrons. The molecule has 1 heterocycles. The van der Waals surface area contributed by atoms with Gasteiger partial charge in [0.2, 0.25) is 0 Å². The number of nitrogens with one attached hydrogen (secondary N) is 2. The molecule has 0 aromatic carbocycles. The topological polar surface area (TPSA) is 44.4 Å². The molecule has 112 valence electrons. The molecular weight excluding hydrogens is 270 g/mol. The van der Waals surface area contributed by atoms with Gasteiger partial charge in [0.05, 0.1) is 0 Å². The van der Waals surface area contributed by atoms with Gasteiger partial charge in [-0.05, 0) is 44.2 Å². The molecule has 4 nitrogen and oxygen atoms in total. The van der Waals surface area contributed by atoms with Gasteiger partial charge in [-0.15, -0.1) is 11.3 Å². The van der Waals surface area contributed by atoms with Gasteiger partial charge in [0.1, 0.15) is 0 Å². The van der Waals surface area contributed by atoms with E-state index in [1.54, 1.807) is 29.4 Å². The summed E-state index contributed by atoms with van der Waals surface area (Å²) < 4.78 is 0. The maximum atomic E-state index is 11.4. The summed E-state index contributed by atoms with van der Waals surface area (Å²) in [5.41, 5.74) is 1.56. The third-order valence-electron chi connectivity index (χ3n) is 3.70. The molecule has 0 bridgehead atoms. The van der Waals surface area contributed by atoms with Crippen LogP contribution >= 0.6 is 11.3 Å². The van der Waals surface area contributed by atoms with Crippen LogP contribution in [0.25, 0.3) is 0 Å². The lowest BCUT2D eigenvalue weighted by molar-refractivity contribution is 0.217. The summed E-state index contributed by atoms with van der Waals surface area (Å²) in [5.74, 6) is 0. The van der Waals surface area contributed by atoms with Crippen molar-refractivity contribution in [1.29, 1.82) is 0 Å². The van der Waals surface area contributed by atoms with E-state index in [0.29, 0.717) is 12.6 Å². The Morgan fingerprint density at radius 2 is 2.10 bits per heavy atom. The Hall–Kier alpha value is -1.07. The lowest BCUT2D eigenvalue weighted by Gasteiger charge is -2.14. The average molecular weight is 295 g/mol. The van der Waals surface area contributed by atoms with E-state index in [-0.39, 0.29) is 6.03 Å². The zero-order valence-electron chi connectivity index (χ0n) is 12.7. The van der Waals surface area contributed by atoms with Crippen LogP contribution in [0.1, 0.15) is 41.1 Å². The number of carbonyl (C=O) groups excluding carboxylic acids is 1. The third-order valence-corrected chi connectivity index (χ3v) is 5.12. The van der Waals surface area contributed by atoms with Crippen LogP contribution in [0.3, 0.4) is 0 Å². The lowest BCUT2D eigenvalue weighted by atomic mass is 9.99. The Balaban J connectivity index is 1.76. The van der Waals surface area contributed by atoms with Gasteiger partial charge < -0.3 is 15.5 Å². The summed E-state index contributed by atoms with van der Waals surface area (Å²) in [5, 5.41) is 6.35. The van der Waals surface area contributed by atoms with Crippen molar-refractivity contribution >= 4 is 17.4 Å². The first-order valence-electron chi connectivity index (χ1n) is 7.38. The van der Waals surface area contributed by atoms with E-state index in [9.17, 15) is 4.79 Å². The van der Waals surface area contributed by atoms with Crippen LogP contribution in [0, 0.1) is 0 Å². The second kappa shape index (κ2) is 7.09. The van der Waals surface area contributed by atoms with Crippen molar-refractivity contribution in [3.05, 3.63) is 21.4 Å². The standard InChI is InChI=1S/C15H25N3OS/c1-11(16-8-9-17-15(19)18(2)3)14-10-12-6-4-5-7-13(12)20-14/h10-11,16H,4-9H2,1-3H3,(H,17,19). The number of carbonyl (C=O) groups is 1. The van der Waals surface area contributed by atoms with Crippen molar-refractivity contribution in [3.8, 4) is 0 Å². The second-order valence-electron chi connectivity index (χ2n) is 5.61. The molecule has 0 spiro atoms. The molecule has 2 rings (SSSR count). The van der Waals surface area contributed by atoms with Crippen LogP contribution < -0.4 is 10.6 Å². The van der Waals surface area contributed by atoms with Crippen LogP contribution in [0.5, 0.6) is 0 Å². The Morgan fingerprint density at radius 1 is 1.35 bits per heavy atom. The SMILES string of the molecule is CC(NCCNC(=O)N(C)C)c1cc2c(s1)CCCC2. The molecule has 1 aliphatic carbocycles. The summed E-state index contributed by atoms with van der Waals surface area (Å²) in [6.07, 6.45) is 5.18. The van der Waals surface area contributed by atoms with E-state index in [4.69, 9.17) is 0 Å². The second-order valence-corrected chi connectivity index (χ2v) is 6.77. The van der Waals surface area contributed by atoms with Gasteiger partial charge in [-0.1, -0.05) is 0 Å². The molecule has 0 fully saturated rings. The van der Waals surface area contributed by atoms with E-state index in [2.05, 4.69) is 23.6 Å². The first-order chi connectivity index (χ1) is 9.58. The number of nitrogens with zero attached hydrogens (tertiary/aromatic N) is 1. The molecule has 20 heavy (non-hydrogen) atoms. The van der Waals surface area contributed by atoms with Crippen LogP contribution in [0.15, 0.2) is 6.07 Å². The van der Waals surface area contributed by atoms with Gasteiger partial charge in [0, 0.05) is 43.0 Å². The lowest BCUT2D eigenvalue weighted by Crippen LogP contribution is -2.38. The Bertz CT molecular complexity index is 432. The van der Waals surface area contributed by atoms with E-state index in [1.807, 2.05) is 11.3 Å². The van der Waals surface area contributed by atoms with Crippen molar-refractivity contribution < 1.29 is 4.79 Å². The van der Waals surface area contributed by atoms with Crippen molar-refractivity contribution in [3.63, 3.8) is 0 Å². The van der Waals surface area contributed by atoms with Crippen molar-refractivity contribution in [2.45, 2.75) is 38.6 Å². The highest BCUT2D eigenvalue weighted by Crippen LogP contribution is 2.32. The minimum Gasteiger partial charge on any atom is -0.337 e. The number of aryl methyl sites for hydroxylation is 2. The van der Waals surface area contributed by atoms with Crippen LogP contribution in [-0.4, -0.2) is 38.1 Å². The van der Waals surface area contributed by atoms with Crippen LogP contribution in [-0.2, 0) is 12.8 Å². The first-order valence-corrected chi connectivity index (χ1v) is 8.19. The van der Waals surface area contributed by atoms with Gasteiger partial charge in [-0.3, -0.25) is 0 Å². The van der Waals surface area contributed by atoms with E-state index >= 15 is 0 Å². The molecular formula is C15H25N3OS. The molecule has 5 heteroatoms. The van der Waals surface area contributed by atoms with Gasteiger partial charge in [0.25, 0.3) is 0 Å². The van der Waals surface area contributed by atoms with Crippen molar-refractivity contribution in [1.82, 2.24) is 15.5 Å². The number of hydrogen-bond donors (Lipinski definition) is 2. The zero-order chi connectivity index (χ0) is 14.5. The van der Waals surface area contributed by atoms with E-state index in [0.717, 1.165) is 6.54 Å². The summed E-state index contributed by atoms with van der Waals surface area (Å²) in [7, 11) is 3.50. The van der Waals surface area contributed by atoms with Crippen molar-refractivity contribution in [2.75, 3.05) is 27.2 Å². The van der Waals surface area contributed by atoms with Gasteiger partial charge >= 0.3 is 6.03 Å². The first kappa shape index (κ1) is 15.3. The average Bonchev–Trinajstić information content (AvgIpc) is 2.86. The number of fused-ring (bicyclic) bond motifs is 1. The number of amides is 2. The number of urea groups is 1. The smallest absolute Gasteiger partial charge is 0.316 e. The Morgan fingerprint density at radius 3 is 2.80 bits per heavy atom. The van der Waals surface area contributed by atoms with E-state index in [1.165, 1.54) is 30.6 Å². The molecule has 1 atom stereocenters. The fourth-order valence-electron chi connectivity index (χ4n) is 2.44. The third kappa shape index (κ3) is 3.96. The molecule has 0 saturated carbocycles. The zero-order valence-corrected chi connectivity index (χ0v) is 13.5. The largest absolute Gasteiger partial charge is 0.337 e. The minimum atomic E-state index is -0.0361. The van der Waals surface area contributed by atoms with Crippen LogP contribution in [0.2, 0.25) is 0 Å². The summed E-state index contributed by atoms with van der Waals surface area (Å²) in [6, 6.07) is 2.70. The molecule has 1 unspecified atom stereocenters. The number of rotatable bonds is 5. The normalized spacial score (nSPS) is 15.6. The summed E-state index contributed by atoms with van der Waals surface area (Å²) in [4.78, 5) is 15.9. The predicted molar refractivity (Wildman–Crippen MR) is 84.5 cm³/mol. The molecule has 1 aliphatic rings. The molecule has 0 saturated heterocycles. The van der Waals surface area contributed by atoms with Gasteiger partial charge in [0.15, 0.2) is 0 Å². The van der Waals surface area contributed by atoms with Crippen LogP contribution in [0.4, 0.5) is 4.79 Å². The Kier molecular flexibility index (Phi) is 5.43.